The van der Waals surface area contributed by atoms with E-state index in [1.807, 2.05) is 60.7 Å². The van der Waals surface area contributed by atoms with Crippen molar-refractivity contribution in [2.75, 3.05) is 6.54 Å². The molecule has 3 N–H and O–H groups in total. The Morgan fingerprint density at radius 2 is 1.65 bits per heavy atom. The van der Waals surface area contributed by atoms with Gasteiger partial charge < -0.3 is 20.6 Å². The van der Waals surface area contributed by atoms with Gasteiger partial charge in [0.1, 0.15) is 12.6 Å². The summed E-state index contributed by atoms with van der Waals surface area (Å²) in [4.78, 5) is 24.4. The lowest BCUT2D eigenvalue weighted by Crippen LogP contribution is -2.48. The van der Waals surface area contributed by atoms with Crippen molar-refractivity contribution < 1.29 is 19.5 Å². The zero-order valence-corrected chi connectivity index (χ0v) is 14.2. The van der Waals surface area contributed by atoms with E-state index in [0.717, 1.165) is 17.3 Å². The van der Waals surface area contributed by atoms with Gasteiger partial charge in [-0.3, -0.25) is 4.79 Å². The maximum atomic E-state index is 12.3. The van der Waals surface area contributed by atoms with E-state index in [9.17, 15) is 9.59 Å². The zero-order chi connectivity index (χ0) is 18.6. The summed E-state index contributed by atoms with van der Waals surface area (Å²) in [6.45, 7) is 0.172. The summed E-state index contributed by atoms with van der Waals surface area (Å²) in [5, 5.41) is 16.4. The Hall–Kier alpha value is -3.35. The molecule has 2 aromatic carbocycles. The maximum absolute atomic E-state index is 12.3. The van der Waals surface area contributed by atoms with E-state index in [1.54, 1.807) is 0 Å². The van der Waals surface area contributed by atoms with Crippen LogP contribution in [0.3, 0.4) is 0 Å². The van der Waals surface area contributed by atoms with Crippen LogP contribution in [-0.2, 0) is 22.6 Å². The van der Waals surface area contributed by atoms with E-state index in [4.69, 9.17) is 9.94 Å². The molecule has 0 spiro atoms. The highest BCUT2D eigenvalue weighted by Gasteiger charge is 2.21. The van der Waals surface area contributed by atoms with Gasteiger partial charge in [-0.1, -0.05) is 60.7 Å². The molecule has 136 valence electrons. The summed E-state index contributed by atoms with van der Waals surface area (Å²) < 4.78 is 5.18. The minimum Gasteiger partial charge on any atom is -0.445 e. The normalized spacial score (nSPS) is 11.7. The number of hydrogen-bond donors (Lipinski definition) is 3. The summed E-state index contributed by atoms with van der Waals surface area (Å²) in [5.74, 6) is -0.398. The van der Waals surface area contributed by atoms with Crippen molar-refractivity contribution in [3.05, 3.63) is 71.8 Å². The molecule has 0 radical (unpaired) electrons. The van der Waals surface area contributed by atoms with Gasteiger partial charge in [0, 0.05) is 6.42 Å². The Balaban J connectivity index is 1.95. The number of oxime groups is 1. The Morgan fingerprint density at radius 1 is 1.04 bits per heavy atom. The molecule has 7 heteroatoms. The van der Waals surface area contributed by atoms with E-state index in [0.29, 0.717) is 6.42 Å². The largest absolute Gasteiger partial charge is 0.445 e. The first-order valence-electron chi connectivity index (χ1n) is 8.14. The quantitative estimate of drug-likeness (QED) is 0.383. The van der Waals surface area contributed by atoms with Crippen LogP contribution in [0.15, 0.2) is 65.8 Å². The molecule has 1 atom stereocenters. The molecule has 0 saturated carbocycles. The van der Waals surface area contributed by atoms with Gasteiger partial charge in [0.05, 0.1) is 12.8 Å². The van der Waals surface area contributed by atoms with Crippen LogP contribution in [0.2, 0.25) is 0 Å². The van der Waals surface area contributed by atoms with E-state index in [-0.39, 0.29) is 13.2 Å². The van der Waals surface area contributed by atoms with Gasteiger partial charge in [0.25, 0.3) is 0 Å². The van der Waals surface area contributed by atoms with Crippen molar-refractivity contribution in [3.63, 3.8) is 0 Å². The van der Waals surface area contributed by atoms with Crippen molar-refractivity contribution >= 4 is 18.2 Å². The Kier molecular flexibility index (Phi) is 7.67. The average molecular weight is 355 g/mol. The minimum atomic E-state index is -0.812. The predicted octanol–water partition coefficient (Wildman–Crippen LogP) is 2.10. The number of hydrogen-bond acceptors (Lipinski definition) is 5. The van der Waals surface area contributed by atoms with Crippen LogP contribution < -0.4 is 10.6 Å². The molecule has 2 amide bonds. The third-order valence-corrected chi connectivity index (χ3v) is 3.55. The van der Waals surface area contributed by atoms with Crippen LogP contribution in [0.5, 0.6) is 0 Å². The number of nitrogens with one attached hydrogen (secondary N) is 2. The van der Waals surface area contributed by atoms with Gasteiger partial charge in [-0.05, 0) is 11.1 Å². The van der Waals surface area contributed by atoms with Gasteiger partial charge in [-0.25, -0.2) is 4.79 Å². The molecule has 0 bridgehead atoms. The fraction of sp³-hybridized carbons (Fsp3) is 0.211. The van der Waals surface area contributed by atoms with E-state index < -0.39 is 18.0 Å². The molecule has 0 saturated heterocycles. The molecule has 0 aliphatic rings. The zero-order valence-electron chi connectivity index (χ0n) is 14.2. The first-order valence-corrected chi connectivity index (χ1v) is 8.14. The molecule has 0 aliphatic heterocycles. The summed E-state index contributed by atoms with van der Waals surface area (Å²) in [6.07, 6.45) is 0.773. The molecule has 0 aromatic heterocycles. The summed E-state index contributed by atoms with van der Waals surface area (Å²) >= 11 is 0. The maximum Gasteiger partial charge on any atom is 0.408 e. The molecule has 0 heterocycles. The minimum absolute atomic E-state index is 0.0569. The average Bonchev–Trinajstić information content (AvgIpc) is 2.67. The van der Waals surface area contributed by atoms with Crippen molar-refractivity contribution in [2.45, 2.75) is 19.1 Å². The van der Waals surface area contributed by atoms with Crippen molar-refractivity contribution in [1.82, 2.24) is 10.6 Å². The van der Waals surface area contributed by atoms with E-state index in [2.05, 4.69) is 15.8 Å². The second-order valence-corrected chi connectivity index (χ2v) is 5.49. The Labute approximate surface area is 151 Å². The number of alkyl carbamates (subject to hydrolysis) is 1. The molecule has 0 fully saturated rings. The van der Waals surface area contributed by atoms with Crippen LogP contribution in [0.4, 0.5) is 4.79 Å². The number of benzene rings is 2. The monoisotopic (exact) mass is 355 g/mol. The van der Waals surface area contributed by atoms with E-state index >= 15 is 0 Å². The first-order chi connectivity index (χ1) is 12.7. The molecule has 0 aliphatic carbocycles. The van der Waals surface area contributed by atoms with Crippen molar-refractivity contribution in [1.29, 1.82) is 0 Å². The highest BCUT2D eigenvalue weighted by Crippen LogP contribution is 2.05. The van der Waals surface area contributed by atoms with Crippen LogP contribution in [0, 0.1) is 0 Å². The van der Waals surface area contributed by atoms with E-state index in [1.165, 1.54) is 0 Å². The highest BCUT2D eigenvalue weighted by molar-refractivity contribution is 5.87. The number of amides is 2. The molecule has 7 nitrogen and oxygen atoms in total. The number of carbonyl (C=O) groups is 2. The van der Waals surface area contributed by atoms with Crippen LogP contribution in [0.1, 0.15) is 11.1 Å². The smallest absolute Gasteiger partial charge is 0.408 e. The van der Waals surface area contributed by atoms with Crippen molar-refractivity contribution in [2.24, 2.45) is 5.16 Å². The van der Waals surface area contributed by atoms with Crippen LogP contribution in [0.25, 0.3) is 0 Å². The first kappa shape index (κ1) is 19.0. The molecule has 2 aromatic rings. The Bertz CT molecular complexity index is 720. The second kappa shape index (κ2) is 10.5. The standard InChI is InChI=1S/C19H21N3O4/c23-18(20-11-12-21-25)17(13-15-7-3-1-4-8-15)22-19(24)26-14-16-9-5-2-6-10-16/h1-10,12,17,25H,11,13-14H2,(H,20,23)(H,22,24). The highest BCUT2D eigenvalue weighted by atomic mass is 16.5. The lowest BCUT2D eigenvalue weighted by molar-refractivity contribution is -0.122. The van der Waals surface area contributed by atoms with Gasteiger partial charge in [-0.2, -0.15) is 0 Å². The molecular formula is C19H21N3O4. The summed E-state index contributed by atoms with van der Waals surface area (Å²) in [5.41, 5.74) is 1.75. The second-order valence-electron chi connectivity index (χ2n) is 5.49. The fourth-order valence-electron chi connectivity index (χ4n) is 2.28. The Morgan fingerprint density at radius 3 is 2.27 bits per heavy atom. The van der Waals surface area contributed by atoms with Gasteiger partial charge >= 0.3 is 6.09 Å². The number of nitrogens with zero attached hydrogens (tertiary/aromatic N) is 1. The lowest BCUT2D eigenvalue weighted by atomic mass is 10.1. The van der Waals surface area contributed by atoms with Crippen LogP contribution >= 0.6 is 0 Å². The molecule has 26 heavy (non-hydrogen) atoms. The predicted molar refractivity (Wildman–Crippen MR) is 97.0 cm³/mol. The van der Waals surface area contributed by atoms with Gasteiger partial charge in [-0.15, -0.1) is 5.16 Å². The third-order valence-electron chi connectivity index (χ3n) is 3.55. The van der Waals surface area contributed by atoms with Gasteiger partial charge in [0.2, 0.25) is 5.91 Å². The van der Waals surface area contributed by atoms with Gasteiger partial charge in [0.15, 0.2) is 0 Å². The molecule has 1 unspecified atom stereocenters. The number of rotatable bonds is 8. The van der Waals surface area contributed by atoms with Crippen molar-refractivity contribution in [3.8, 4) is 0 Å². The van der Waals surface area contributed by atoms with Crippen LogP contribution in [-0.4, -0.2) is 36.0 Å². The number of carbonyl (C=O) groups excluding carboxylic acids is 2. The molecule has 2 rings (SSSR count). The number of ether oxygens (including phenoxy) is 1. The summed E-state index contributed by atoms with van der Waals surface area (Å²) in [6, 6.07) is 17.8. The third kappa shape index (κ3) is 6.64. The summed E-state index contributed by atoms with van der Waals surface area (Å²) in [7, 11) is 0. The SMILES string of the molecule is O=C(NC(Cc1ccccc1)C(=O)NCC=NO)OCc1ccccc1. The lowest BCUT2D eigenvalue weighted by Gasteiger charge is -2.18. The topological polar surface area (TPSA) is 100 Å². The fourth-order valence-corrected chi connectivity index (χ4v) is 2.28. The molecular weight excluding hydrogens is 334 g/mol.